The lowest BCUT2D eigenvalue weighted by molar-refractivity contribution is -0.136. The highest BCUT2D eigenvalue weighted by Crippen LogP contribution is 2.13. The highest BCUT2D eigenvalue weighted by atomic mass is 16.4. The number of carboxylic acids is 1. The molecule has 0 aromatic carbocycles. The first kappa shape index (κ1) is 7.65. The molecule has 0 aliphatic rings. The minimum Gasteiger partial charge on any atom is -0.481 e. The molecule has 0 bridgehead atoms. The molecule has 1 aromatic rings. The van der Waals surface area contributed by atoms with Crippen LogP contribution in [0.4, 0.5) is 5.88 Å². The second kappa shape index (κ2) is 3.09. The number of hydrogen-bond acceptors (Lipinski definition) is 3. The lowest BCUT2D eigenvalue weighted by Gasteiger charge is -1.93. The normalized spacial score (nSPS) is 9.82. The molecule has 0 saturated heterocycles. The fourth-order valence-corrected chi connectivity index (χ4v) is 0.795. The highest BCUT2D eigenvalue weighted by Gasteiger charge is 2.03. The maximum absolute atomic E-state index is 10.1. The number of hydrogen-bond donors (Lipinski definition) is 2. The van der Waals surface area contributed by atoms with Gasteiger partial charge in [0.25, 0.3) is 0 Å². The molecular formula is C7H9NO3. The average Bonchev–Trinajstić information content (AvgIpc) is 2.31. The van der Waals surface area contributed by atoms with Crippen LogP contribution in [0.3, 0.4) is 0 Å². The van der Waals surface area contributed by atoms with Gasteiger partial charge in [-0.1, -0.05) is 0 Å². The zero-order valence-electron chi connectivity index (χ0n) is 5.91. The highest BCUT2D eigenvalue weighted by molar-refractivity contribution is 5.67. The number of nitrogen functional groups attached to an aromatic ring is 1. The Labute approximate surface area is 63.6 Å². The predicted molar refractivity (Wildman–Crippen MR) is 39.1 cm³/mol. The van der Waals surface area contributed by atoms with Crippen LogP contribution in [0.1, 0.15) is 12.0 Å². The maximum atomic E-state index is 10.1. The average molecular weight is 155 g/mol. The Kier molecular flexibility index (Phi) is 2.15. The summed E-state index contributed by atoms with van der Waals surface area (Å²) in [6.45, 7) is 0. The van der Waals surface area contributed by atoms with Gasteiger partial charge < -0.3 is 15.3 Å². The van der Waals surface area contributed by atoms with Gasteiger partial charge in [-0.3, -0.25) is 4.79 Å². The lowest BCUT2D eigenvalue weighted by atomic mass is 10.2. The van der Waals surface area contributed by atoms with Crippen molar-refractivity contribution < 1.29 is 14.3 Å². The molecule has 60 valence electrons. The van der Waals surface area contributed by atoms with Gasteiger partial charge in [0.15, 0.2) is 5.88 Å². The summed E-state index contributed by atoms with van der Waals surface area (Å²) >= 11 is 0. The molecule has 0 atom stereocenters. The van der Waals surface area contributed by atoms with Gasteiger partial charge in [0.2, 0.25) is 0 Å². The Bertz CT molecular complexity index is 254. The zero-order valence-corrected chi connectivity index (χ0v) is 5.91. The van der Waals surface area contributed by atoms with Gasteiger partial charge in [-0.15, -0.1) is 0 Å². The van der Waals surface area contributed by atoms with Crippen LogP contribution in [-0.4, -0.2) is 11.1 Å². The van der Waals surface area contributed by atoms with E-state index in [4.69, 9.17) is 15.3 Å². The molecule has 0 amide bonds. The second-order valence-electron chi connectivity index (χ2n) is 2.20. The summed E-state index contributed by atoms with van der Waals surface area (Å²) < 4.78 is 4.78. The van der Waals surface area contributed by atoms with Crippen LogP contribution in [-0.2, 0) is 11.2 Å². The quantitative estimate of drug-likeness (QED) is 0.679. The largest absolute Gasteiger partial charge is 0.481 e. The summed E-state index contributed by atoms with van der Waals surface area (Å²) in [6.07, 6.45) is 1.97. The van der Waals surface area contributed by atoms with Crippen LogP contribution in [0.15, 0.2) is 16.7 Å². The minimum absolute atomic E-state index is 0.0870. The summed E-state index contributed by atoms with van der Waals surface area (Å²) in [5, 5.41) is 8.33. The summed E-state index contributed by atoms with van der Waals surface area (Å²) in [7, 11) is 0. The van der Waals surface area contributed by atoms with E-state index in [9.17, 15) is 4.79 Å². The van der Waals surface area contributed by atoms with Gasteiger partial charge in [0, 0.05) is 12.0 Å². The molecule has 11 heavy (non-hydrogen) atoms. The summed E-state index contributed by atoms with van der Waals surface area (Å²) in [6, 6.07) is 1.68. The van der Waals surface area contributed by atoms with E-state index in [0.29, 0.717) is 12.3 Å². The monoisotopic (exact) mass is 155 g/mol. The van der Waals surface area contributed by atoms with Crippen molar-refractivity contribution in [2.45, 2.75) is 12.8 Å². The van der Waals surface area contributed by atoms with E-state index in [0.717, 1.165) is 5.56 Å². The lowest BCUT2D eigenvalue weighted by Crippen LogP contribution is -1.98. The first-order valence-corrected chi connectivity index (χ1v) is 3.24. The van der Waals surface area contributed by atoms with Crippen molar-refractivity contribution in [3.63, 3.8) is 0 Å². The van der Waals surface area contributed by atoms with Crippen molar-refractivity contribution in [1.29, 1.82) is 0 Å². The zero-order chi connectivity index (χ0) is 8.27. The molecule has 0 saturated carbocycles. The first-order chi connectivity index (χ1) is 5.20. The van der Waals surface area contributed by atoms with Gasteiger partial charge in [-0.05, 0) is 12.5 Å². The molecule has 0 aliphatic heterocycles. The van der Waals surface area contributed by atoms with Crippen molar-refractivity contribution in [1.82, 2.24) is 0 Å². The van der Waals surface area contributed by atoms with Gasteiger partial charge in [-0.25, -0.2) is 0 Å². The molecule has 4 nitrogen and oxygen atoms in total. The number of anilines is 1. The third kappa shape index (κ3) is 2.00. The Hall–Kier alpha value is -1.45. The number of aryl methyl sites for hydroxylation is 1. The van der Waals surface area contributed by atoms with E-state index >= 15 is 0 Å². The van der Waals surface area contributed by atoms with Gasteiger partial charge in [-0.2, -0.15) is 0 Å². The van der Waals surface area contributed by atoms with Gasteiger partial charge in [0.05, 0.1) is 6.26 Å². The van der Waals surface area contributed by atoms with E-state index in [-0.39, 0.29) is 6.42 Å². The van der Waals surface area contributed by atoms with Crippen LogP contribution in [0, 0.1) is 0 Å². The number of carboxylic acid groups (broad SMARTS) is 1. The molecular weight excluding hydrogens is 146 g/mol. The van der Waals surface area contributed by atoms with E-state index < -0.39 is 5.97 Å². The summed E-state index contributed by atoms with van der Waals surface area (Å²) in [5.74, 6) is -0.517. The SMILES string of the molecule is Nc1occc1CCC(=O)O. The van der Waals surface area contributed by atoms with Crippen LogP contribution < -0.4 is 5.73 Å². The third-order valence-corrected chi connectivity index (χ3v) is 1.39. The van der Waals surface area contributed by atoms with Crippen molar-refractivity contribution in [3.05, 3.63) is 17.9 Å². The van der Waals surface area contributed by atoms with Crippen molar-refractivity contribution in [3.8, 4) is 0 Å². The summed E-state index contributed by atoms with van der Waals surface area (Å²) in [5.41, 5.74) is 6.12. The van der Waals surface area contributed by atoms with E-state index in [2.05, 4.69) is 0 Å². The molecule has 3 N–H and O–H groups in total. The second-order valence-corrected chi connectivity index (χ2v) is 2.20. The van der Waals surface area contributed by atoms with E-state index in [1.54, 1.807) is 6.07 Å². The van der Waals surface area contributed by atoms with Gasteiger partial charge >= 0.3 is 5.97 Å². The van der Waals surface area contributed by atoms with Crippen molar-refractivity contribution in [2.75, 3.05) is 5.73 Å². The van der Waals surface area contributed by atoms with Gasteiger partial charge in [0.1, 0.15) is 0 Å². The minimum atomic E-state index is -0.828. The Balaban J connectivity index is 2.51. The molecule has 4 heteroatoms. The fraction of sp³-hybridized carbons (Fsp3) is 0.286. The fourth-order valence-electron chi connectivity index (χ4n) is 0.795. The Morgan fingerprint density at radius 2 is 2.45 bits per heavy atom. The molecule has 0 spiro atoms. The smallest absolute Gasteiger partial charge is 0.303 e. The molecule has 0 radical (unpaired) electrons. The maximum Gasteiger partial charge on any atom is 0.303 e. The van der Waals surface area contributed by atoms with Crippen LogP contribution in [0.5, 0.6) is 0 Å². The van der Waals surface area contributed by atoms with Crippen LogP contribution in [0.2, 0.25) is 0 Å². The van der Waals surface area contributed by atoms with E-state index in [1.165, 1.54) is 6.26 Å². The van der Waals surface area contributed by atoms with Crippen LogP contribution >= 0.6 is 0 Å². The molecule has 1 heterocycles. The van der Waals surface area contributed by atoms with Crippen molar-refractivity contribution >= 4 is 11.9 Å². The number of aliphatic carboxylic acids is 1. The van der Waals surface area contributed by atoms with E-state index in [1.807, 2.05) is 0 Å². The predicted octanol–water partition coefficient (Wildman–Crippen LogP) is 0.879. The first-order valence-electron chi connectivity index (χ1n) is 3.24. The number of carbonyl (C=O) groups is 1. The topological polar surface area (TPSA) is 76.5 Å². The Morgan fingerprint density at radius 3 is 2.91 bits per heavy atom. The molecule has 0 unspecified atom stereocenters. The molecule has 1 rings (SSSR count). The van der Waals surface area contributed by atoms with Crippen molar-refractivity contribution in [2.24, 2.45) is 0 Å². The standard InChI is InChI=1S/C7H9NO3/c8-7-5(3-4-11-7)1-2-6(9)10/h3-4H,1-2,8H2,(H,9,10). The molecule has 0 fully saturated rings. The number of nitrogens with two attached hydrogens (primary N) is 1. The summed E-state index contributed by atoms with van der Waals surface area (Å²) in [4.78, 5) is 10.1. The third-order valence-electron chi connectivity index (χ3n) is 1.39. The van der Waals surface area contributed by atoms with Crippen LogP contribution in [0.25, 0.3) is 0 Å². The molecule has 0 aliphatic carbocycles. The molecule has 1 aromatic heterocycles. The Morgan fingerprint density at radius 1 is 1.73 bits per heavy atom. The number of rotatable bonds is 3. The number of furan rings is 1.